The summed E-state index contributed by atoms with van der Waals surface area (Å²) in [5.41, 5.74) is 2.55. The Balaban J connectivity index is 1.67. The molecule has 0 unspecified atom stereocenters. The SMILES string of the molecule is CCCCCCCCCCCCc1ccc(O)c(/N=N/c2ccccc2)c1. The lowest BCUT2D eigenvalue weighted by Crippen LogP contribution is -1.87. The molecule has 0 atom stereocenters. The second kappa shape index (κ2) is 13.1. The first-order chi connectivity index (χ1) is 13.3. The Morgan fingerprint density at radius 2 is 1.33 bits per heavy atom. The number of unbranched alkanes of at least 4 members (excludes halogenated alkanes) is 9. The Morgan fingerprint density at radius 3 is 2.00 bits per heavy atom. The number of phenolic OH excluding ortho intramolecular Hbond substituents is 1. The van der Waals surface area contributed by atoms with E-state index in [9.17, 15) is 5.11 Å². The Morgan fingerprint density at radius 1 is 0.704 bits per heavy atom. The third-order valence-electron chi connectivity index (χ3n) is 4.89. The summed E-state index contributed by atoms with van der Waals surface area (Å²) in [6.07, 6.45) is 14.5. The maximum Gasteiger partial charge on any atom is 0.143 e. The van der Waals surface area contributed by atoms with Crippen LogP contribution in [0.25, 0.3) is 0 Å². The normalized spacial score (nSPS) is 11.3. The fraction of sp³-hybridized carbons (Fsp3) is 0.500. The zero-order valence-corrected chi connectivity index (χ0v) is 16.7. The minimum Gasteiger partial charge on any atom is -0.506 e. The molecular formula is C24H34N2O. The van der Waals surface area contributed by atoms with Crippen LogP contribution in [-0.2, 0) is 6.42 Å². The molecule has 0 saturated carbocycles. The molecule has 0 aromatic heterocycles. The van der Waals surface area contributed by atoms with Crippen molar-refractivity contribution in [1.82, 2.24) is 0 Å². The van der Waals surface area contributed by atoms with Crippen molar-refractivity contribution >= 4 is 11.4 Å². The average Bonchev–Trinajstić information content (AvgIpc) is 2.70. The highest BCUT2D eigenvalue weighted by atomic mass is 16.3. The molecule has 2 aromatic rings. The van der Waals surface area contributed by atoms with E-state index in [1.165, 1.54) is 69.8 Å². The molecule has 3 nitrogen and oxygen atoms in total. The van der Waals surface area contributed by atoms with Crippen LogP contribution in [0.2, 0.25) is 0 Å². The van der Waals surface area contributed by atoms with Crippen LogP contribution >= 0.6 is 0 Å². The van der Waals surface area contributed by atoms with E-state index in [-0.39, 0.29) is 5.75 Å². The summed E-state index contributed by atoms with van der Waals surface area (Å²) < 4.78 is 0. The van der Waals surface area contributed by atoms with E-state index < -0.39 is 0 Å². The van der Waals surface area contributed by atoms with Gasteiger partial charge in [-0.3, -0.25) is 0 Å². The number of phenols is 1. The van der Waals surface area contributed by atoms with Crippen molar-refractivity contribution in [2.75, 3.05) is 0 Å². The third-order valence-corrected chi connectivity index (χ3v) is 4.89. The van der Waals surface area contributed by atoms with E-state index in [2.05, 4.69) is 17.2 Å². The first kappa shape index (κ1) is 21.1. The monoisotopic (exact) mass is 366 g/mol. The smallest absolute Gasteiger partial charge is 0.143 e. The van der Waals surface area contributed by atoms with Crippen molar-refractivity contribution in [3.63, 3.8) is 0 Å². The quantitative estimate of drug-likeness (QED) is 0.281. The second-order valence-electron chi connectivity index (χ2n) is 7.29. The van der Waals surface area contributed by atoms with Gasteiger partial charge in [0.15, 0.2) is 0 Å². The topological polar surface area (TPSA) is 45.0 Å². The van der Waals surface area contributed by atoms with Crippen LogP contribution in [0.4, 0.5) is 11.4 Å². The lowest BCUT2D eigenvalue weighted by molar-refractivity contribution is 0.476. The number of benzene rings is 2. The number of rotatable bonds is 13. The fourth-order valence-electron chi connectivity index (χ4n) is 3.23. The van der Waals surface area contributed by atoms with Gasteiger partial charge in [-0.15, -0.1) is 5.11 Å². The number of aryl methyl sites for hydroxylation is 1. The molecule has 1 N–H and O–H groups in total. The summed E-state index contributed by atoms with van der Waals surface area (Å²) in [5, 5.41) is 18.4. The van der Waals surface area contributed by atoms with Crippen molar-refractivity contribution in [3.05, 3.63) is 54.1 Å². The molecule has 0 amide bonds. The maximum atomic E-state index is 10.0. The van der Waals surface area contributed by atoms with E-state index in [0.717, 1.165) is 12.1 Å². The maximum absolute atomic E-state index is 10.0. The lowest BCUT2D eigenvalue weighted by Gasteiger charge is -2.05. The molecule has 2 aromatic carbocycles. The van der Waals surface area contributed by atoms with Crippen molar-refractivity contribution in [3.8, 4) is 5.75 Å². The highest BCUT2D eigenvalue weighted by Crippen LogP contribution is 2.29. The summed E-state index contributed by atoms with van der Waals surface area (Å²) in [6.45, 7) is 2.27. The number of nitrogens with zero attached hydrogens (tertiary/aromatic N) is 2. The molecule has 146 valence electrons. The predicted molar refractivity (Wildman–Crippen MR) is 114 cm³/mol. The minimum absolute atomic E-state index is 0.182. The molecule has 0 saturated heterocycles. The van der Waals surface area contributed by atoms with Gasteiger partial charge in [-0.1, -0.05) is 89.0 Å². The highest BCUT2D eigenvalue weighted by molar-refractivity contribution is 5.52. The molecule has 0 fully saturated rings. The third kappa shape index (κ3) is 8.85. The van der Waals surface area contributed by atoms with Crippen LogP contribution in [0.1, 0.15) is 76.7 Å². The number of aromatic hydroxyl groups is 1. The first-order valence-electron chi connectivity index (χ1n) is 10.6. The van der Waals surface area contributed by atoms with Gasteiger partial charge < -0.3 is 5.11 Å². The Kier molecular flexibility index (Phi) is 10.2. The van der Waals surface area contributed by atoms with Gasteiger partial charge in [-0.25, -0.2) is 0 Å². The Hall–Kier alpha value is -2.16. The van der Waals surface area contributed by atoms with E-state index >= 15 is 0 Å². The summed E-state index contributed by atoms with van der Waals surface area (Å²) in [7, 11) is 0. The molecule has 0 aliphatic rings. The van der Waals surface area contributed by atoms with Gasteiger partial charge in [-0.2, -0.15) is 5.11 Å². The Bertz CT molecular complexity index is 667. The first-order valence-corrected chi connectivity index (χ1v) is 10.6. The van der Waals surface area contributed by atoms with E-state index in [4.69, 9.17) is 0 Å². The predicted octanol–water partition coefficient (Wildman–Crippen LogP) is 8.27. The van der Waals surface area contributed by atoms with Gasteiger partial charge in [0, 0.05) is 0 Å². The molecule has 0 aliphatic carbocycles. The van der Waals surface area contributed by atoms with Gasteiger partial charge >= 0.3 is 0 Å². The Labute approximate surface area is 164 Å². The van der Waals surface area contributed by atoms with Crippen LogP contribution in [-0.4, -0.2) is 5.11 Å². The van der Waals surface area contributed by atoms with Crippen LogP contribution in [0.3, 0.4) is 0 Å². The van der Waals surface area contributed by atoms with E-state index in [1.54, 1.807) is 6.07 Å². The van der Waals surface area contributed by atoms with E-state index in [0.29, 0.717) is 5.69 Å². The van der Waals surface area contributed by atoms with Crippen molar-refractivity contribution in [2.24, 2.45) is 10.2 Å². The lowest BCUT2D eigenvalue weighted by atomic mass is 10.0. The fourth-order valence-corrected chi connectivity index (χ4v) is 3.23. The van der Waals surface area contributed by atoms with Crippen LogP contribution in [0.5, 0.6) is 5.75 Å². The van der Waals surface area contributed by atoms with Crippen LogP contribution < -0.4 is 0 Å². The van der Waals surface area contributed by atoms with Crippen molar-refractivity contribution < 1.29 is 5.11 Å². The van der Waals surface area contributed by atoms with Gasteiger partial charge in [0.1, 0.15) is 11.4 Å². The van der Waals surface area contributed by atoms with Gasteiger partial charge in [-0.05, 0) is 42.7 Å². The van der Waals surface area contributed by atoms with Crippen molar-refractivity contribution in [1.29, 1.82) is 0 Å². The van der Waals surface area contributed by atoms with Gasteiger partial charge in [0.2, 0.25) is 0 Å². The second-order valence-corrected chi connectivity index (χ2v) is 7.29. The van der Waals surface area contributed by atoms with Crippen molar-refractivity contribution in [2.45, 2.75) is 77.6 Å². The number of azo groups is 1. The molecule has 27 heavy (non-hydrogen) atoms. The highest BCUT2D eigenvalue weighted by Gasteiger charge is 2.03. The summed E-state index contributed by atoms with van der Waals surface area (Å²) >= 11 is 0. The number of hydrogen-bond donors (Lipinski definition) is 1. The molecule has 0 radical (unpaired) electrons. The molecule has 0 aliphatic heterocycles. The summed E-state index contributed by atoms with van der Waals surface area (Å²) in [5.74, 6) is 0.182. The van der Waals surface area contributed by atoms with E-state index in [1.807, 2.05) is 42.5 Å². The summed E-state index contributed by atoms with van der Waals surface area (Å²) in [4.78, 5) is 0. The zero-order chi connectivity index (χ0) is 19.2. The van der Waals surface area contributed by atoms with Crippen LogP contribution in [0.15, 0.2) is 58.8 Å². The molecule has 0 spiro atoms. The average molecular weight is 367 g/mol. The molecule has 2 rings (SSSR count). The summed E-state index contributed by atoms with van der Waals surface area (Å²) in [6, 6.07) is 15.3. The number of hydrogen-bond acceptors (Lipinski definition) is 3. The molecular weight excluding hydrogens is 332 g/mol. The molecule has 0 heterocycles. The van der Waals surface area contributed by atoms with Crippen LogP contribution in [0, 0.1) is 0 Å². The standard InChI is InChI=1S/C24H34N2O/c1-2-3-4-5-6-7-8-9-10-12-15-21-18-19-24(27)23(20-21)26-25-22-16-13-11-14-17-22/h11,13-14,16-20,27H,2-10,12,15H2,1H3/b26-25+. The van der Waals surface area contributed by atoms with Gasteiger partial charge in [0.25, 0.3) is 0 Å². The van der Waals surface area contributed by atoms with Gasteiger partial charge in [0.05, 0.1) is 5.69 Å². The largest absolute Gasteiger partial charge is 0.506 e. The molecule has 0 bridgehead atoms. The zero-order valence-electron chi connectivity index (χ0n) is 16.7. The minimum atomic E-state index is 0.182. The molecule has 3 heteroatoms.